The number of fused-ring (bicyclic) bond motifs is 1. The molecule has 0 aliphatic carbocycles. The Kier molecular flexibility index (Phi) is 6.65. The first-order valence-corrected chi connectivity index (χ1v) is 12.2. The van der Waals surface area contributed by atoms with Gasteiger partial charge < -0.3 is 9.84 Å². The van der Waals surface area contributed by atoms with Gasteiger partial charge in [-0.05, 0) is 41.0 Å². The zero-order chi connectivity index (χ0) is 24.9. The van der Waals surface area contributed by atoms with E-state index in [9.17, 15) is 15.2 Å². The van der Waals surface area contributed by atoms with Crippen LogP contribution in [0.1, 0.15) is 21.5 Å². The fourth-order valence-corrected chi connectivity index (χ4v) is 4.91. The number of aromatic carboxylic acids is 1. The summed E-state index contributed by atoms with van der Waals surface area (Å²) < 4.78 is 6.27. The van der Waals surface area contributed by atoms with Gasteiger partial charge in [-0.3, -0.25) is 4.98 Å². The van der Waals surface area contributed by atoms with Crippen molar-refractivity contribution in [3.05, 3.63) is 120 Å². The second-order valence-corrected chi connectivity index (χ2v) is 9.05. The number of carboxylic acids is 1. The van der Waals surface area contributed by atoms with E-state index >= 15 is 0 Å². The summed E-state index contributed by atoms with van der Waals surface area (Å²) in [5.41, 5.74) is 3.55. The van der Waals surface area contributed by atoms with Crippen molar-refractivity contribution in [1.29, 1.82) is 5.26 Å². The Balaban J connectivity index is 1.35. The van der Waals surface area contributed by atoms with E-state index in [1.807, 2.05) is 72.8 Å². The van der Waals surface area contributed by atoms with Crippen molar-refractivity contribution in [3.63, 3.8) is 0 Å². The molecule has 0 amide bonds. The largest absolute Gasteiger partial charge is 0.478 e. The Morgan fingerprint density at radius 1 is 0.889 bits per heavy atom. The van der Waals surface area contributed by atoms with Crippen LogP contribution in [0, 0.1) is 11.3 Å². The van der Waals surface area contributed by atoms with E-state index in [0.717, 1.165) is 26.8 Å². The average Bonchev–Trinajstić information content (AvgIpc) is 2.93. The summed E-state index contributed by atoms with van der Waals surface area (Å²) in [5.74, 6) is 1.07. The topological polar surface area (TPSA) is 83.2 Å². The number of aromatic nitrogens is 1. The minimum atomic E-state index is -0.939. The molecular weight excluding hydrogens is 468 g/mol. The predicted octanol–water partition coefficient (Wildman–Crippen LogP) is 7.56. The average molecular weight is 489 g/mol. The lowest BCUT2D eigenvalue weighted by Crippen LogP contribution is -1.98. The predicted molar refractivity (Wildman–Crippen MR) is 141 cm³/mol. The molecule has 5 nitrogen and oxygen atoms in total. The highest BCUT2D eigenvalue weighted by atomic mass is 32.2. The first-order chi connectivity index (χ1) is 17.6. The Morgan fingerprint density at radius 2 is 1.64 bits per heavy atom. The molecule has 0 atom stereocenters. The molecule has 6 heteroatoms. The van der Waals surface area contributed by atoms with Crippen LogP contribution in [0.5, 0.6) is 11.5 Å². The van der Waals surface area contributed by atoms with Crippen LogP contribution in [0.4, 0.5) is 0 Å². The number of carbonyl (C=O) groups is 1. The van der Waals surface area contributed by atoms with Crippen molar-refractivity contribution in [2.24, 2.45) is 0 Å². The standard InChI is InChI=1S/C30H20N2O3S/c31-17-22-13-14-27(25-7-3-1-6-24(22)25)35-28-18-32-16-15-29(28)36-19-20-9-11-21(12-10-20)23-5-2-4-8-26(23)30(33)34/h1-16,18H,19H2,(H,33,34). The fraction of sp³-hybridized carbons (Fsp3) is 0.0333. The minimum Gasteiger partial charge on any atom is -0.478 e. The number of nitriles is 1. The normalized spacial score (nSPS) is 10.6. The van der Waals surface area contributed by atoms with Gasteiger partial charge in [0.05, 0.1) is 28.3 Å². The van der Waals surface area contributed by atoms with Gasteiger partial charge in [-0.1, -0.05) is 66.7 Å². The number of ether oxygens (including phenoxy) is 1. The second-order valence-electron chi connectivity index (χ2n) is 8.03. The van der Waals surface area contributed by atoms with Crippen LogP contribution in [0.3, 0.4) is 0 Å². The molecule has 0 unspecified atom stereocenters. The van der Waals surface area contributed by atoms with Gasteiger partial charge in [0.25, 0.3) is 0 Å². The van der Waals surface area contributed by atoms with Gasteiger partial charge >= 0.3 is 5.97 Å². The van der Waals surface area contributed by atoms with E-state index in [4.69, 9.17) is 4.74 Å². The summed E-state index contributed by atoms with van der Waals surface area (Å²) in [6.07, 6.45) is 3.43. The van der Waals surface area contributed by atoms with E-state index in [0.29, 0.717) is 28.4 Å². The lowest BCUT2D eigenvalue weighted by atomic mass is 9.99. The minimum absolute atomic E-state index is 0.286. The van der Waals surface area contributed by atoms with E-state index < -0.39 is 5.97 Å². The molecule has 1 N–H and O–H groups in total. The molecule has 1 heterocycles. The van der Waals surface area contributed by atoms with E-state index in [1.54, 1.807) is 42.4 Å². The van der Waals surface area contributed by atoms with Gasteiger partial charge in [-0.25, -0.2) is 4.79 Å². The highest BCUT2D eigenvalue weighted by Gasteiger charge is 2.13. The molecule has 5 rings (SSSR count). The molecule has 1 aromatic heterocycles. The third-order valence-electron chi connectivity index (χ3n) is 5.79. The summed E-state index contributed by atoms with van der Waals surface area (Å²) >= 11 is 1.63. The zero-order valence-electron chi connectivity index (χ0n) is 19.1. The van der Waals surface area contributed by atoms with E-state index in [1.165, 1.54) is 0 Å². The first kappa shape index (κ1) is 23.2. The van der Waals surface area contributed by atoms with Gasteiger partial charge in [0.15, 0.2) is 5.75 Å². The third-order valence-corrected chi connectivity index (χ3v) is 6.91. The van der Waals surface area contributed by atoms with Crippen LogP contribution in [0.2, 0.25) is 0 Å². The monoisotopic (exact) mass is 488 g/mol. The van der Waals surface area contributed by atoms with Crippen molar-refractivity contribution in [2.45, 2.75) is 10.6 Å². The molecule has 0 spiro atoms. The molecule has 174 valence electrons. The summed E-state index contributed by atoms with van der Waals surface area (Å²) in [7, 11) is 0. The van der Waals surface area contributed by atoms with Crippen LogP contribution in [-0.4, -0.2) is 16.1 Å². The summed E-state index contributed by atoms with van der Waals surface area (Å²) in [6.45, 7) is 0. The van der Waals surface area contributed by atoms with Gasteiger partial charge in [0.2, 0.25) is 0 Å². The van der Waals surface area contributed by atoms with Gasteiger partial charge in [-0.15, -0.1) is 11.8 Å². The smallest absolute Gasteiger partial charge is 0.336 e. The summed E-state index contributed by atoms with van der Waals surface area (Å²) in [5, 5.41) is 20.6. The third kappa shape index (κ3) is 4.78. The summed E-state index contributed by atoms with van der Waals surface area (Å²) in [6, 6.07) is 30.3. The summed E-state index contributed by atoms with van der Waals surface area (Å²) in [4.78, 5) is 16.7. The molecule has 0 bridgehead atoms. The highest BCUT2D eigenvalue weighted by Crippen LogP contribution is 2.37. The molecule has 0 saturated carbocycles. The zero-order valence-corrected chi connectivity index (χ0v) is 19.9. The Hall–Kier alpha value is -4.60. The Morgan fingerprint density at radius 3 is 2.42 bits per heavy atom. The number of rotatable bonds is 7. The number of nitrogens with zero attached hydrogens (tertiary/aromatic N) is 2. The van der Waals surface area contributed by atoms with Crippen molar-refractivity contribution >= 4 is 28.5 Å². The maximum absolute atomic E-state index is 11.6. The molecule has 0 radical (unpaired) electrons. The van der Waals surface area contributed by atoms with Crippen molar-refractivity contribution < 1.29 is 14.6 Å². The van der Waals surface area contributed by atoms with Gasteiger partial charge in [0.1, 0.15) is 5.75 Å². The molecule has 5 aromatic rings. The second kappa shape index (κ2) is 10.3. The van der Waals surface area contributed by atoms with Crippen LogP contribution in [0.15, 0.2) is 108 Å². The van der Waals surface area contributed by atoms with Crippen LogP contribution in [0.25, 0.3) is 21.9 Å². The molecule has 0 aliphatic heterocycles. The Labute approximate surface area is 212 Å². The lowest BCUT2D eigenvalue weighted by molar-refractivity contribution is 0.0697. The number of carboxylic acid groups (broad SMARTS) is 1. The van der Waals surface area contributed by atoms with Crippen LogP contribution >= 0.6 is 11.8 Å². The first-order valence-electron chi connectivity index (χ1n) is 11.2. The maximum atomic E-state index is 11.6. The van der Waals surface area contributed by atoms with Gasteiger partial charge in [-0.2, -0.15) is 5.26 Å². The van der Waals surface area contributed by atoms with Gasteiger partial charge in [0, 0.05) is 22.7 Å². The fourth-order valence-electron chi connectivity index (χ4n) is 4.00. The molecule has 0 saturated heterocycles. The number of pyridine rings is 1. The molecule has 0 fully saturated rings. The number of hydrogen-bond acceptors (Lipinski definition) is 5. The van der Waals surface area contributed by atoms with Crippen molar-refractivity contribution in [2.75, 3.05) is 0 Å². The highest BCUT2D eigenvalue weighted by molar-refractivity contribution is 7.98. The number of thioether (sulfide) groups is 1. The van der Waals surface area contributed by atoms with E-state index in [2.05, 4.69) is 11.1 Å². The van der Waals surface area contributed by atoms with Crippen molar-refractivity contribution in [3.8, 4) is 28.7 Å². The number of benzene rings is 4. The molecule has 36 heavy (non-hydrogen) atoms. The van der Waals surface area contributed by atoms with Crippen LogP contribution < -0.4 is 4.74 Å². The molecular formula is C30H20N2O3S. The Bertz CT molecular complexity index is 1610. The van der Waals surface area contributed by atoms with Crippen molar-refractivity contribution in [1.82, 2.24) is 4.98 Å². The SMILES string of the molecule is N#Cc1ccc(Oc2cnccc2SCc2ccc(-c3ccccc3C(=O)O)cc2)c2ccccc12. The molecule has 4 aromatic carbocycles. The number of hydrogen-bond donors (Lipinski definition) is 1. The maximum Gasteiger partial charge on any atom is 0.336 e. The molecule has 0 aliphatic rings. The van der Waals surface area contributed by atoms with Crippen LogP contribution in [-0.2, 0) is 5.75 Å². The quantitative estimate of drug-likeness (QED) is 0.238. The lowest BCUT2D eigenvalue weighted by Gasteiger charge is -2.13. The van der Waals surface area contributed by atoms with E-state index in [-0.39, 0.29) is 5.56 Å².